The molecule has 4 nitrogen and oxygen atoms in total. The molecule has 1 N–H and O–H groups in total. The van der Waals surface area contributed by atoms with Gasteiger partial charge in [-0.15, -0.1) is 0 Å². The molecule has 0 unspecified atom stereocenters. The molecule has 0 saturated carbocycles. The van der Waals surface area contributed by atoms with Crippen LogP contribution in [0.25, 0.3) is 10.8 Å². The van der Waals surface area contributed by atoms with E-state index >= 15 is 0 Å². The minimum atomic E-state index is -0.0644. The van der Waals surface area contributed by atoms with E-state index in [4.69, 9.17) is 0 Å². The van der Waals surface area contributed by atoms with Crippen molar-refractivity contribution in [3.8, 4) is 0 Å². The number of rotatable bonds is 8. The summed E-state index contributed by atoms with van der Waals surface area (Å²) in [6, 6.07) is 22.3. The lowest BCUT2D eigenvalue weighted by atomic mass is 10.1. The van der Waals surface area contributed by atoms with Gasteiger partial charge in [0, 0.05) is 30.9 Å². The first-order chi connectivity index (χ1) is 15.7. The van der Waals surface area contributed by atoms with Crippen LogP contribution in [0.2, 0.25) is 0 Å². The molecule has 3 aromatic rings. The van der Waals surface area contributed by atoms with Gasteiger partial charge in [0.2, 0.25) is 0 Å². The number of nitrogens with zero attached hydrogens (tertiary/aromatic N) is 2. The van der Waals surface area contributed by atoms with Crippen molar-refractivity contribution in [2.45, 2.75) is 39.2 Å². The minimum Gasteiger partial charge on any atom is -0.322 e. The van der Waals surface area contributed by atoms with Crippen LogP contribution in [-0.4, -0.2) is 48.4 Å². The van der Waals surface area contributed by atoms with Crippen molar-refractivity contribution >= 4 is 22.4 Å². The van der Waals surface area contributed by atoms with Gasteiger partial charge in [-0.05, 0) is 73.1 Å². The van der Waals surface area contributed by atoms with Crippen LogP contribution in [-0.2, 0) is 6.54 Å². The van der Waals surface area contributed by atoms with Crippen LogP contribution in [0.1, 0.15) is 48.5 Å². The lowest BCUT2D eigenvalue weighted by Gasteiger charge is -2.22. The molecule has 4 heteroatoms. The fourth-order valence-corrected chi connectivity index (χ4v) is 4.53. The second kappa shape index (κ2) is 11.3. The Labute approximate surface area is 192 Å². The fourth-order valence-electron chi connectivity index (χ4n) is 4.53. The number of nitrogens with one attached hydrogen (secondary N) is 1. The number of amides is 1. The third-order valence-corrected chi connectivity index (χ3v) is 6.36. The fraction of sp³-hybridized carbons (Fsp3) is 0.393. The highest BCUT2D eigenvalue weighted by atomic mass is 16.1. The molecule has 4 rings (SSSR count). The first-order valence-electron chi connectivity index (χ1n) is 12.0. The summed E-state index contributed by atoms with van der Waals surface area (Å²) < 4.78 is 0. The highest BCUT2D eigenvalue weighted by Gasteiger charge is 2.15. The summed E-state index contributed by atoms with van der Waals surface area (Å²) in [5.74, 6) is -0.0644. The van der Waals surface area contributed by atoms with Gasteiger partial charge in [-0.25, -0.2) is 0 Å². The van der Waals surface area contributed by atoms with Crippen molar-refractivity contribution in [1.29, 1.82) is 0 Å². The van der Waals surface area contributed by atoms with Gasteiger partial charge in [0.05, 0.1) is 0 Å². The van der Waals surface area contributed by atoms with Crippen LogP contribution < -0.4 is 5.32 Å². The Morgan fingerprint density at radius 1 is 0.844 bits per heavy atom. The Morgan fingerprint density at radius 2 is 1.66 bits per heavy atom. The third kappa shape index (κ3) is 6.18. The van der Waals surface area contributed by atoms with E-state index in [9.17, 15) is 4.79 Å². The van der Waals surface area contributed by atoms with Crippen molar-refractivity contribution in [2.75, 3.05) is 38.0 Å². The van der Waals surface area contributed by atoms with E-state index < -0.39 is 0 Å². The molecule has 0 radical (unpaired) electrons. The first-order valence-corrected chi connectivity index (χ1v) is 12.0. The number of anilines is 1. The molecule has 0 aromatic heterocycles. The van der Waals surface area contributed by atoms with Crippen molar-refractivity contribution in [1.82, 2.24) is 9.80 Å². The van der Waals surface area contributed by atoms with Gasteiger partial charge in [0.1, 0.15) is 0 Å². The van der Waals surface area contributed by atoms with Crippen LogP contribution in [0, 0.1) is 0 Å². The molecule has 0 aliphatic carbocycles. The Kier molecular flexibility index (Phi) is 7.92. The van der Waals surface area contributed by atoms with E-state index in [2.05, 4.69) is 40.2 Å². The normalized spacial score (nSPS) is 15.5. The maximum atomic E-state index is 12.8. The molecule has 0 spiro atoms. The van der Waals surface area contributed by atoms with Crippen LogP contribution in [0.3, 0.4) is 0 Å². The molecule has 0 bridgehead atoms. The Hall–Kier alpha value is -2.69. The topological polar surface area (TPSA) is 35.6 Å². The molecule has 32 heavy (non-hydrogen) atoms. The zero-order valence-electron chi connectivity index (χ0n) is 19.2. The highest BCUT2D eigenvalue weighted by Crippen LogP contribution is 2.19. The van der Waals surface area contributed by atoms with Gasteiger partial charge >= 0.3 is 0 Å². The molecule has 1 fully saturated rings. The van der Waals surface area contributed by atoms with E-state index in [0.717, 1.165) is 42.6 Å². The quantitative estimate of drug-likeness (QED) is 0.460. The van der Waals surface area contributed by atoms with E-state index in [1.165, 1.54) is 44.3 Å². The van der Waals surface area contributed by atoms with Crippen molar-refractivity contribution < 1.29 is 4.79 Å². The van der Waals surface area contributed by atoms with Crippen molar-refractivity contribution in [2.24, 2.45) is 0 Å². The lowest BCUT2D eigenvalue weighted by Crippen LogP contribution is -2.31. The van der Waals surface area contributed by atoms with E-state index in [1.807, 2.05) is 48.5 Å². The lowest BCUT2D eigenvalue weighted by molar-refractivity contribution is 0.102. The average Bonchev–Trinajstić information content (AvgIpc) is 3.04. The molecular formula is C28H35N3O. The number of fused-ring (bicyclic) bond motifs is 1. The molecule has 0 atom stereocenters. The zero-order valence-corrected chi connectivity index (χ0v) is 19.2. The summed E-state index contributed by atoms with van der Waals surface area (Å²) in [6.07, 6.45) is 5.16. The average molecular weight is 430 g/mol. The largest absolute Gasteiger partial charge is 0.322 e. The molecule has 1 aliphatic heterocycles. The zero-order chi connectivity index (χ0) is 22.2. The van der Waals surface area contributed by atoms with Crippen LogP contribution in [0.4, 0.5) is 5.69 Å². The standard InChI is InChI=1S/C28H35N3O/c1-2-3-6-15-30-16-8-17-31(19-18-30)22-23-9-7-12-27(20-23)29-28(32)26-14-13-24-10-4-5-11-25(24)21-26/h4-5,7,9-14,20-21H,2-3,6,8,15-19,22H2,1H3,(H,29,32). The number of unbranched alkanes of at least 4 members (excludes halogenated alkanes) is 2. The summed E-state index contributed by atoms with van der Waals surface area (Å²) >= 11 is 0. The predicted octanol–water partition coefficient (Wildman–Crippen LogP) is 5.79. The number of hydrogen-bond donors (Lipinski definition) is 1. The molecule has 1 aliphatic rings. The molecular weight excluding hydrogens is 394 g/mol. The van der Waals surface area contributed by atoms with E-state index in [0.29, 0.717) is 5.56 Å². The molecule has 3 aromatic carbocycles. The maximum Gasteiger partial charge on any atom is 0.255 e. The highest BCUT2D eigenvalue weighted by molar-refractivity contribution is 6.06. The second-order valence-electron chi connectivity index (χ2n) is 8.89. The molecule has 168 valence electrons. The van der Waals surface area contributed by atoms with Gasteiger partial charge in [-0.2, -0.15) is 0 Å². The summed E-state index contributed by atoms with van der Waals surface area (Å²) in [7, 11) is 0. The van der Waals surface area contributed by atoms with Gasteiger partial charge in [0.25, 0.3) is 5.91 Å². The van der Waals surface area contributed by atoms with Crippen molar-refractivity contribution in [3.63, 3.8) is 0 Å². The second-order valence-corrected chi connectivity index (χ2v) is 8.89. The van der Waals surface area contributed by atoms with Gasteiger partial charge < -0.3 is 10.2 Å². The van der Waals surface area contributed by atoms with Gasteiger partial charge in [0.15, 0.2) is 0 Å². The third-order valence-electron chi connectivity index (χ3n) is 6.36. The Balaban J connectivity index is 1.34. The van der Waals surface area contributed by atoms with Crippen molar-refractivity contribution in [3.05, 3.63) is 77.9 Å². The van der Waals surface area contributed by atoms with Gasteiger partial charge in [-0.3, -0.25) is 9.69 Å². The number of hydrogen-bond acceptors (Lipinski definition) is 3. The van der Waals surface area contributed by atoms with E-state index in [1.54, 1.807) is 0 Å². The van der Waals surface area contributed by atoms with Crippen LogP contribution in [0.5, 0.6) is 0 Å². The number of benzene rings is 3. The molecule has 1 saturated heterocycles. The summed E-state index contributed by atoms with van der Waals surface area (Å²) in [5, 5.41) is 5.31. The first kappa shape index (κ1) is 22.5. The predicted molar refractivity (Wildman–Crippen MR) is 134 cm³/mol. The molecule has 1 heterocycles. The molecule has 1 amide bonds. The summed E-state index contributed by atoms with van der Waals surface area (Å²) in [6.45, 7) is 9.05. The number of carbonyl (C=O) groups excluding carboxylic acids is 1. The number of carbonyl (C=O) groups is 1. The minimum absolute atomic E-state index is 0.0644. The summed E-state index contributed by atoms with van der Waals surface area (Å²) in [5.41, 5.74) is 2.79. The monoisotopic (exact) mass is 429 g/mol. The Bertz CT molecular complexity index is 1030. The van der Waals surface area contributed by atoms with Crippen LogP contribution in [0.15, 0.2) is 66.7 Å². The van der Waals surface area contributed by atoms with E-state index in [-0.39, 0.29) is 5.91 Å². The summed E-state index contributed by atoms with van der Waals surface area (Å²) in [4.78, 5) is 18.0. The van der Waals surface area contributed by atoms with Crippen LogP contribution >= 0.6 is 0 Å². The SMILES string of the molecule is CCCCCN1CCCN(Cc2cccc(NC(=O)c3ccc4ccccc4c3)c2)CC1. The maximum absolute atomic E-state index is 12.8. The Morgan fingerprint density at radius 3 is 2.53 bits per heavy atom. The van der Waals surface area contributed by atoms with Gasteiger partial charge in [-0.1, -0.05) is 62.2 Å². The smallest absolute Gasteiger partial charge is 0.255 e.